The van der Waals surface area contributed by atoms with Crippen molar-refractivity contribution in [3.05, 3.63) is 71.8 Å². The second-order valence-electron chi connectivity index (χ2n) is 6.12. The Morgan fingerprint density at radius 2 is 1.64 bits per heavy atom. The first-order valence-corrected chi connectivity index (χ1v) is 8.28. The zero-order valence-corrected chi connectivity index (χ0v) is 13.3. The lowest BCUT2D eigenvalue weighted by molar-refractivity contribution is 0.244. The van der Waals surface area contributed by atoms with Crippen LogP contribution in [0.25, 0.3) is 0 Å². The lowest BCUT2D eigenvalue weighted by atomic mass is 9.82. The molecule has 0 saturated carbocycles. The molecule has 0 aromatic heterocycles. The fourth-order valence-electron chi connectivity index (χ4n) is 3.33. The van der Waals surface area contributed by atoms with Crippen LogP contribution in [-0.2, 0) is 17.7 Å². The quantitative estimate of drug-likeness (QED) is 0.746. The molecule has 0 aliphatic carbocycles. The van der Waals surface area contributed by atoms with Crippen LogP contribution in [-0.4, -0.2) is 24.4 Å². The second-order valence-corrected chi connectivity index (χ2v) is 6.12. The minimum Gasteiger partial charge on any atom is -0.417 e. The van der Waals surface area contributed by atoms with Gasteiger partial charge in [0.05, 0.1) is 6.61 Å². The van der Waals surface area contributed by atoms with Crippen LogP contribution in [0.3, 0.4) is 0 Å². The van der Waals surface area contributed by atoms with Crippen LogP contribution >= 0.6 is 0 Å². The molecule has 0 spiro atoms. The van der Waals surface area contributed by atoms with E-state index in [-0.39, 0.29) is 7.05 Å². The van der Waals surface area contributed by atoms with Crippen molar-refractivity contribution in [3.8, 4) is 0 Å². The maximum Gasteiger partial charge on any atom is 0.379 e. The van der Waals surface area contributed by atoms with Crippen LogP contribution in [0, 0.1) is 0 Å². The summed E-state index contributed by atoms with van der Waals surface area (Å²) in [6.07, 6.45) is 3.67. The van der Waals surface area contributed by atoms with E-state index in [4.69, 9.17) is 4.65 Å². The number of rotatable bonds is 6. The summed E-state index contributed by atoms with van der Waals surface area (Å²) in [6, 6.07) is 21.8. The van der Waals surface area contributed by atoms with Gasteiger partial charge in [0.2, 0.25) is 0 Å². The van der Waals surface area contributed by atoms with Crippen LogP contribution in [0.2, 0.25) is 6.82 Å². The monoisotopic (exact) mass is 293 g/mol. The third kappa shape index (κ3) is 3.99. The van der Waals surface area contributed by atoms with Crippen molar-refractivity contribution in [2.24, 2.45) is 0 Å². The summed E-state index contributed by atoms with van der Waals surface area (Å²) in [7, 11) is 0.177. The van der Waals surface area contributed by atoms with Gasteiger partial charge in [-0.25, -0.2) is 0 Å². The average Bonchev–Trinajstić information content (AvgIpc) is 3.03. The van der Waals surface area contributed by atoms with Gasteiger partial charge in [0, 0.05) is 6.04 Å². The van der Waals surface area contributed by atoms with Crippen molar-refractivity contribution in [1.82, 2.24) is 4.81 Å². The minimum absolute atomic E-state index is 0.177. The summed E-state index contributed by atoms with van der Waals surface area (Å²) < 4.78 is 6.11. The van der Waals surface area contributed by atoms with Gasteiger partial charge in [0.15, 0.2) is 0 Å². The lowest BCUT2D eigenvalue weighted by Crippen LogP contribution is -2.43. The predicted octanol–water partition coefficient (Wildman–Crippen LogP) is 4.03. The van der Waals surface area contributed by atoms with E-state index in [0.717, 1.165) is 13.0 Å². The Kier molecular flexibility index (Phi) is 5.31. The van der Waals surface area contributed by atoms with Gasteiger partial charge in [-0.3, -0.25) is 0 Å². The molecular weight excluding hydrogens is 269 g/mol. The topological polar surface area (TPSA) is 12.5 Å². The minimum atomic E-state index is 0.177. The summed E-state index contributed by atoms with van der Waals surface area (Å²) in [5, 5.41) is 0. The van der Waals surface area contributed by atoms with Gasteiger partial charge in [-0.2, -0.15) is 0 Å². The molecule has 114 valence electrons. The summed E-state index contributed by atoms with van der Waals surface area (Å²) >= 11 is 0. The predicted molar refractivity (Wildman–Crippen MR) is 92.7 cm³/mol. The number of hydrogen-bond donors (Lipinski definition) is 0. The van der Waals surface area contributed by atoms with E-state index in [0.29, 0.717) is 12.6 Å². The second kappa shape index (κ2) is 7.62. The van der Waals surface area contributed by atoms with Gasteiger partial charge >= 0.3 is 7.05 Å². The summed E-state index contributed by atoms with van der Waals surface area (Å²) in [5.41, 5.74) is 2.67. The molecule has 3 heteroatoms. The Morgan fingerprint density at radius 1 is 1.00 bits per heavy atom. The highest BCUT2D eigenvalue weighted by molar-refractivity contribution is 6.47. The van der Waals surface area contributed by atoms with E-state index in [1.165, 1.54) is 24.0 Å². The van der Waals surface area contributed by atoms with Gasteiger partial charge in [0.1, 0.15) is 0 Å². The molecule has 1 heterocycles. The molecular formula is C19H24BNO. The fourth-order valence-corrected chi connectivity index (χ4v) is 3.33. The van der Waals surface area contributed by atoms with Crippen LogP contribution in [0.4, 0.5) is 0 Å². The molecule has 0 radical (unpaired) electrons. The highest BCUT2D eigenvalue weighted by atomic mass is 16.4. The third-order valence-corrected chi connectivity index (χ3v) is 4.54. The van der Waals surface area contributed by atoms with E-state index < -0.39 is 0 Å². The average molecular weight is 293 g/mol. The van der Waals surface area contributed by atoms with Crippen LogP contribution in [0.1, 0.15) is 24.0 Å². The van der Waals surface area contributed by atoms with Crippen LogP contribution in [0.5, 0.6) is 0 Å². The van der Waals surface area contributed by atoms with Crippen LogP contribution < -0.4 is 0 Å². The fraction of sp³-hybridized carbons (Fsp3) is 0.368. The number of nitrogens with zero attached hydrogens (tertiary/aromatic N) is 1. The normalized spacial score (nSPS) is 18.5. The first-order valence-electron chi connectivity index (χ1n) is 8.28. The molecule has 0 N–H and O–H groups in total. The maximum atomic E-state index is 6.11. The highest BCUT2D eigenvalue weighted by Gasteiger charge is 2.31. The van der Waals surface area contributed by atoms with Crippen molar-refractivity contribution in [3.63, 3.8) is 0 Å². The van der Waals surface area contributed by atoms with E-state index in [2.05, 4.69) is 66.2 Å². The van der Waals surface area contributed by atoms with Crippen molar-refractivity contribution < 1.29 is 4.65 Å². The van der Waals surface area contributed by atoms with Crippen molar-refractivity contribution in [2.75, 3.05) is 6.54 Å². The molecule has 22 heavy (non-hydrogen) atoms. The smallest absolute Gasteiger partial charge is 0.379 e. The molecule has 2 nitrogen and oxygen atoms in total. The van der Waals surface area contributed by atoms with E-state index in [1.807, 2.05) is 6.07 Å². The largest absolute Gasteiger partial charge is 0.417 e. The third-order valence-electron chi connectivity index (χ3n) is 4.54. The summed E-state index contributed by atoms with van der Waals surface area (Å²) in [4.78, 5) is 2.52. The SMILES string of the molecule is CB(OCc1ccccc1)N1CCC[C@@H]1Cc1ccccc1. The summed E-state index contributed by atoms with van der Waals surface area (Å²) in [5.74, 6) is 0. The molecule has 0 bridgehead atoms. The molecule has 0 amide bonds. The molecule has 3 rings (SSSR count). The Morgan fingerprint density at radius 3 is 2.32 bits per heavy atom. The molecule has 0 unspecified atom stereocenters. The van der Waals surface area contributed by atoms with Crippen molar-refractivity contribution in [2.45, 2.75) is 38.7 Å². The number of hydrogen-bond acceptors (Lipinski definition) is 2. The first kappa shape index (κ1) is 15.3. The molecule has 2 aromatic carbocycles. The Balaban J connectivity index is 1.55. The molecule has 1 aliphatic rings. The molecule has 2 aromatic rings. The molecule has 1 aliphatic heterocycles. The van der Waals surface area contributed by atoms with Gasteiger partial charge in [-0.05, 0) is 43.8 Å². The van der Waals surface area contributed by atoms with Gasteiger partial charge in [-0.15, -0.1) is 0 Å². The van der Waals surface area contributed by atoms with Crippen molar-refractivity contribution >= 4 is 7.05 Å². The van der Waals surface area contributed by atoms with Crippen LogP contribution in [0.15, 0.2) is 60.7 Å². The van der Waals surface area contributed by atoms with Gasteiger partial charge in [-0.1, -0.05) is 60.7 Å². The Hall–Kier alpha value is -1.58. The lowest BCUT2D eigenvalue weighted by Gasteiger charge is -2.28. The van der Waals surface area contributed by atoms with Gasteiger partial charge < -0.3 is 9.47 Å². The molecule has 1 fully saturated rings. The van der Waals surface area contributed by atoms with Crippen molar-refractivity contribution in [1.29, 1.82) is 0 Å². The highest BCUT2D eigenvalue weighted by Crippen LogP contribution is 2.23. The zero-order chi connectivity index (χ0) is 15.2. The number of benzene rings is 2. The zero-order valence-electron chi connectivity index (χ0n) is 13.3. The van der Waals surface area contributed by atoms with E-state index in [1.54, 1.807) is 0 Å². The molecule has 1 atom stereocenters. The van der Waals surface area contributed by atoms with E-state index >= 15 is 0 Å². The Labute approximate surface area is 134 Å². The standard InChI is InChI=1S/C19H24BNO/c1-20(22-16-18-11-6-3-7-12-18)21-14-8-13-19(21)15-17-9-4-2-5-10-17/h2-7,9-12,19H,8,13-16H2,1H3/t19-/m1/s1. The van der Waals surface area contributed by atoms with Gasteiger partial charge in [0.25, 0.3) is 0 Å². The summed E-state index contributed by atoms with van der Waals surface area (Å²) in [6.45, 7) is 4.02. The molecule has 1 saturated heterocycles. The first-order chi connectivity index (χ1) is 10.8. The van der Waals surface area contributed by atoms with E-state index in [9.17, 15) is 0 Å². The Bertz CT molecular complexity index is 560. The maximum absolute atomic E-state index is 6.11.